The van der Waals surface area contributed by atoms with Crippen LogP contribution in [-0.2, 0) is 4.79 Å². The molecule has 0 aliphatic carbocycles. The van der Waals surface area contributed by atoms with Crippen molar-refractivity contribution < 1.29 is 14.7 Å². The quantitative estimate of drug-likeness (QED) is 0.604. The Morgan fingerprint density at radius 2 is 1.68 bits per heavy atom. The molecule has 0 bridgehead atoms. The Bertz CT molecular complexity index is 278. The first-order chi connectivity index (χ1) is 8.94. The highest BCUT2D eigenvalue weighted by Crippen LogP contribution is 2.12. The van der Waals surface area contributed by atoms with E-state index in [1.807, 2.05) is 13.8 Å². The van der Waals surface area contributed by atoms with Crippen molar-refractivity contribution in [1.29, 1.82) is 0 Å². The molecular weight excluding hydrogens is 244 g/mol. The highest BCUT2D eigenvalue weighted by Gasteiger charge is 2.19. The van der Waals surface area contributed by atoms with Crippen LogP contribution in [0.1, 0.15) is 59.8 Å². The maximum atomic E-state index is 11.8. The summed E-state index contributed by atoms with van der Waals surface area (Å²) in [7, 11) is 0. The van der Waals surface area contributed by atoms with Gasteiger partial charge in [-0.05, 0) is 19.3 Å². The Balaban J connectivity index is 4.28. The van der Waals surface area contributed by atoms with Gasteiger partial charge in [0.15, 0.2) is 0 Å². The molecule has 0 aromatic heterocycles. The van der Waals surface area contributed by atoms with Gasteiger partial charge in [0.25, 0.3) is 0 Å². The molecule has 3 N–H and O–H groups in total. The number of hydrogen-bond acceptors (Lipinski definition) is 2. The highest BCUT2D eigenvalue weighted by molar-refractivity contribution is 5.76. The molecular formula is C14H28N2O3. The summed E-state index contributed by atoms with van der Waals surface area (Å²) in [5.74, 6) is -0.429. The van der Waals surface area contributed by atoms with E-state index in [2.05, 4.69) is 24.5 Å². The van der Waals surface area contributed by atoms with Crippen LogP contribution in [0.25, 0.3) is 0 Å². The summed E-state index contributed by atoms with van der Waals surface area (Å²) in [5, 5.41) is 14.5. The number of carboxylic acids is 1. The predicted molar refractivity (Wildman–Crippen MR) is 76.2 cm³/mol. The van der Waals surface area contributed by atoms with Gasteiger partial charge in [-0.3, -0.25) is 4.79 Å². The lowest BCUT2D eigenvalue weighted by atomic mass is 9.96. The molecule has 0 aromatic carbocycles. The van der Waals surface area contributed by atoms with Gasteiger partial charge in [0, 0.05) is 12.1 Å². The van der Waals surface area contributed by atoms with E-state index in [0.717, 1.165) is 19.3 Å². The van der Waals surface area contributed by atoms with E-state index in [9.17, 15) is 9.59 Å². The summed E-state index contributed by atoms with van der Waals surface area (Å²) in [4.78, 5) is 22.6. The van der Waals surface area contributed by atoms with E-state index in [-0.39, 0.29) is 24.5 Å². The second kappa shape index (κ2) is 9.64. The molecule has 5 nitrogen and oxygen atoms in total. The number of nitrogens with one attached hydrogen (secondary N) is 2. The average molecular weight is 272 g/mol. The zero-order valence-electron chi connectivity index (χ0n) is 12.5. The van der Waals surface area contributed by atoms with Crippen molar-refractivity contribution in [3.05, 3.63) is 0 Å². The Kier molecular flexibility index (Phi) is 9.00. The molecule has 0 aromatic rings. The van der Waals surface area contributed by atoms with E-state index in [4.69, 9.17) is 5.11 Å². The van der Waals surface area contributed by atoms with E-state index >= 15 is 0 Å². The number of urea groups is 1. The second-order valence-electron chi connectivity index (χ2n) is 5.07. The number of carbonyl (C=O) groups is 2. The van der Waals surface area contributed by atoms with Gasteiger partial charge in [-0.15, -0.1) is 0 Å². The molecule has 0 aliphatic heterocycles. The third-order valence-corrected chi connectivity index (χ3v) is 3.51. The highest BCUT2D eigenvalue weighted by atomic mass is 16.4. The van der Waals surface area contributed by atoms with Gasteiger partial charge >= 0.3 is 12.0 Å². The molecule has 2 unspecified atom stereocenters. The summed E-state index contributed by atoms with van der Waals surface area (Å²) in [6.45, 7) is 8.17. The molecule has 0 fully saturated rings. The van der Waals surface area contributed by atoms with Gasteiger partial charge in [0.2, 0.25) is 0 Å². The van der Waals surface area contributed by atoms with Crippen molar-refractivity contribution >= 4 is 12.0 Å². The molecule has 0 saturated carbocycles. The molecule has 0 spiro atoms. The SMILES string of the molecule is CCCC(CC(=O)O)NC(=O)NC(C)C(CC)CC. The van der Waals surface area contributed by atoms with Crippen LogP contribution in [0.3, 0.4) is 0 Å². The van der Waals surface area contributed by atoms with Gasteiger partial charge in [0.05, 0.1) is 6.42 Å². The first kappa shape index (κ1) is 17.7. The molecule has 112 valence electrons. The molecule has 2 amide bonds. The minimum Gasteiger partial charge on any atom is -0.481 e. The van der Waals surface area contributed by atoms with Gasteiger partial charge in [-0.1, -0.05) is 40.0 Å². The van der Waals surface area contributed by atoms with Crippen LogP contribution >= 0.6 is 0 Å². The van der Waals surface area contributed by atoms with Crippen LogP contribution in [0.2, 0.25) is 0 Å². The van der Waals surface area contributed by atoms with Gasteiger partial charge < -0.3 is 15.7 Å². The topological polar surface area (TPSA) is 78.4 Å². The fourth-order valence-electron chi connectivity index (χ4n) is 2.33. The van der Waals surface area contributed by atoms with Gasteiger partial charge in [-0.2, -0.15) is 0 Å². The number of amides is 2. The van der Waals surface area contributed by atoms with Crippen LogP contribution in [0.5, 0.6) is 0 Å². The van der Waals surface area contributed by atoms with Crippen molar-refractivity contribution in [3.8, 4) is 0 Å². The normalized spacial score (nSPS) is 13.9. The van der Waals surface area contributed by atoms with Crippen molar-refractivity contribution in [1.82, 2.24) is 10.6 Å². The zero-order valence-corrected chi connectivity index (χ0v) is 12.5. The summed E-state index contributed by atoms with van der Waals surface area (Å²) in [6, 6.07) is -0.461. The summed E-state index contributed by atoms with van der Waals surface area (Å²) in [5.41, 5.74) is 0. The first-order valence-electron chi connectivity index (χ1n) is 7.23. The van der Waals surface area contributed by atoms with Crippen LogP contribution in [0, 0.1) is 5.92 Å². The fraction of sp³-hybridized carbons (Fsp3) is 0.857. The molecule has 0 heterocycles. The van der Waals surface area contributed by atoms with E-state index in [0.29, 0.717) is 12.3 Å². The third kappa shape index (κ3) is 7.70. The molecule has 0 aliphatic rings. The summed E-state index contributed by atoms with van der Waals surface area (Å²) in [6.07, 6.45) is 3.54. The van der Waals surface area contributed by atoms with Crippen molar-refractivity contribution in [2.75, 3.05) is 0 Å². The third-order valence-electron chi connectivity index (χ3n) is 3.51. The lowest BCUT2D eigenvalue weighted by Gasteiger charge is -2.24. The van der Waals surface area contributed by atoms with Gasteiger partial charge in [0.1, 0.15) is 0 Å². The Morgan fingerprint density at radius 3 is 2.11 bits per heavy atom. The lowest BCUT2D eigenvalue weighted by Crippen LogP contribution is -2.48. The summed E-state index contributed by atoms with van der Waals surface area (Å²) < 4.78 is 0. The predicted octanol–water partition coefficient (Wildman–Crippen LogP) is 2.75. The minimum absolute atomic E-state index is 0.0272. The molecule has 0 rings (SSSR count). The van der Waals surface area contributed by atoms with Gasteiger partial charge in [-0.25, -0.2) is 4.79 Å². The molecule has 2 atom stereocenters. The summed E-state index contributed by atoms with van der Waals surface area (Å²) >= 11 is 0. The standard InChI is InChI=1S/C14H28N2O3/c1-5-8-12(9-13(17)18)16-14(19)15-10(4)11(6-2)7-3/h10-12H,5-9H2,1-4H3,(H,17,18)(H2,15,16,19). The second-order valence-corrected chi connectivity index (χ2v) is 5.07. The maximum Gasteiger partial charge on any atom is 0.315 e. The van der Waals surface area contributed by atoms with Crippen molar-refractivity contribution in [2.45, 2.75) is 71.9 Å². The minimum atomic E-state index is -0.883. The lowest BCUT2D eigenvalue weighted by molar-refractivity contribution is -0.137. The zero-order chi connectivity index (χ0) is 14.8. The van der Waals surface area contributed by atoms with E-state index in [1.165, 1.54) is 0 Å². The average Bonchev–Trinajstić information content (AvgIpc) is 2.29. The number of rotatable bonds is 9. The molecule has 19 heavy (non-hydrogen) atoms. The van der Waals surface area contributed by atoms with E-state index < -0.39 is 5.97 Å². The number of carbonyl (C=O) groups excluding carboxylic acids is 1. The molecule has 5 heteroatoms. The molecule has 0 saturated heterocycles. The largest absolute Gasteiger partial charge is 0.481 e. The van der Waals surface area contributed by atoms with Crippen LogP contribution < -0.4 is 10.6 Å². The van der Waals surface area contributed by atoms with Crippen LogP contribution in [-0.4, -0.2) is 29.2 Å². The van der Waals surface area contributed by atoms with E-state index in [1.54, 1.807) is 0 Å². The van der Waals surface area contributed by atoms with Crippen molar-refractivity contribution in [2.24, 2.45) is 5.92 Å². The Morgan fingerprint density at radius 1 is 1.11 bits per heavy atom. The Labute approximate surface area is 116 Å². The maximum absolute atomic E-state index is 11.8. The van der Waals surface area contributed by atoms with Crippen LogP contribution in [0.15, 0.2) is 0 Å². The molecule has 0 radical (unpaired) electrons. The monoisotopic (exact) mass is 272 g/mol. The fourth-order valence-corrected chi connectivity index (χ4v) is 2.33. The number of hydrogen-bond donors (Lipinski definition) is 3. The Hall–Kier alpha value is -1.26. The number of aliphatic carboxylic acids is 1. The first-order valence-corrected chi connectivity index (χ1v) is 7.23. The number of carboxylic acid groups (broad SMARTS) is 1. The smallest absolute Gasteiger partial charge is 0.315 e. The van der Waals surface area contributed by atoms with Crippen LogP contribution in [0.4, 0.5) is 4.79 Å². The van der Waals surface area contributed by atoms with Crippen molar-refractivity contribution in [3.63, 3.8) is 0 Å².